The summed E-state index contributed by atoms with van der Waals surface area (Å²) in [4.78, 5) is 15.5. The first kappa shape index (κ1) is 33.0. The summed E-state index contributed by atoms with van der Waals surface area (Å²) in [6.45, 7) is 0. The summed E-state index contributed by atoms with van der Waals surface area (Å²) >= 11 is 0. The van der Waals surface area contributed by atoms with Crippen molar-refractivity contribution >= 4 is 44.6 Å². The third-order valence-corrected chi connectivity index (χ3v) is 11.3. The van der Waals surface area contributed by atoms with Gasteiger partial charge in [-0.15, -0.1) is 0 Å². The predicted octanol–water partition coefficient (Wildman–Crippen LogP) is 11.8. The van der Waals surface area contributed by atoms with Crippen molar-refractivity contribution in [1.29, 1.82) is 0 Å². The van der Waals surface area contributed by atoms with Crippen molar-refractivity contribution in [2.75, 3.05) is 0 Å². The fraction of sp³-hybridized carbons (Fsp3) is 0.0377. The minimum absolute atomic E-state index is 0.634. The van der Waals surface area contributed by atoms with Crippen molar-refractivity contribution in [2.45, 2.75) is 12.8 Å². The summed E-state index contributed by atoms with van der Waals surface area (Å²) in [5.41, 5.74) is 9.84. The van der Waals surface area contributed by atoms with Crippen LogP contribution in [-0.2, 0) is 0 Å². The Kier molecular flexibility index (Phi) is 7.92. The molecule has 0 N–H and O–H groups in total. The van der Waals surface area contributed by atoms with E-state index in [0.717, 1.165) is 57.1 Å². The van der Waals surface area contributed by atoms with E-state index < -0.39 is 0 Å². The Morgan fingerprint density at radius 2 is 0.947 bits per heavy atom. The number of rotatable bonds is 6. The van der Waals surface area contributed by atoms with Crippen LogP contribution in [0.2, 0.25) is 0 Å². The van der Waals surface area contributed by atoms with Gasteiger partial charge in [0, 0.05) is 43.7 Å². The summed E-state index contributed by atoms with van der Waals surface area (Å²) in [6, 6.07) is 64.4. The third-order valence-electron chi connectivity index (χ3n) is 11.3. The zero-order chi connectivity index (χ0) is 37.7. The molecule has 4 nitrogen and oxygen atoms in total. The first-order chi connectivity index (χ1) is 28.3. The maximum Gasteiger partial charge on any atom is 0.164 e. The lowest BCUT2D eigenvalue weighted by molar-refractivity contribution is 1.03. The van der Waals surface area contributed by atoms with E-state index in [1.54, 1.807) is 0 Å². The molecule has 0 radical (unpaired) electrons. The van der Waals surface area contributed by atoms with E-state index in [2.05, 4.69) is 181 Å². The molecule has 268 valence electrons. The lowest BCUT2D eigenvalue weighted by Crippen LogP contribution is -2.30. The molecule has 0 saturated carbocycles. The van der Waals surface area contributed by atoms with Gasteiger partial charge in [-0.25, -0.2) is 15.0 Å². The van der Waals surface area contributed by atoms with Crippen molar-refractivity contribution in [3.63, 3.8) is 0 Å². The standard InChI is InChI=1S/C53H36N4/c1-3-15-35(16-4-1)42-31-32-48(45-26-10-9-25-44(42)45)53-55-51(37-18-5-2-6-19-37)54-52(56-53)40-22-13-20-38(33-40)39-21-14-23-41(34-39)57-49-28-12-11-27-46(49)47-30-29-36-17-7-8-24-43(36)50(47)57/h1-10,13-34H,11-12H2. The minimum Gasteiger partial charge on any atom is -0.309 e. The monoisotopic (exact) mass is 728 g/mol. The molecule has 0 amide bonds. The first-order valence-electron chi connectivity index (χ1n) is 19.6. The van der Waals surface area contributed by atoms with Crippen molar-refractivity contribution in [2.24, 2.45) is 0 Å². The van der Waals surface area contributed by atoms with Gasteiger partial charge < -0.3 is 4.57 Å². The van der Waals surface area contributed by atoms with Crippen molar-refractivity contribution in [3.8, 4) is 62.1 Å². The molecule has 0 fully saturated rings. The second kappa shape index (κ2) is 13.7. The highest BCUT2D eigenvalue weighted by molar-refractivity contribution is 6.07. The van der Waals surface area contributed by atoms with Crippen LogP contribution < -0.4 is 10.6 Å². The molecule has 0 saturated heterocycles. The molecular weight excluding hydrogens is 693 g/mol. The van der Waals surface area contributed by atoms with Gasteiger partial charge in [-0.3, -0.25) is 0 Å². The van der Waals surface area contributed by atoms with E-state index in [1.807, 2.05) is 18.2 Å². The smallest absolute Gasteiger partial charge is 0.164 e. The number of benzene rings is 8. The Labute approximate surface area is 330 Å². The number of fused-ring (bicyclic) bond motifs is 6. The maximum atomic E-state index is 5.22. The van der Waals surface area contributed by atoms with E-state index in [9.17, 15) is 0 Å². The van der Waals surface area contributed by atoms with Gasteiger partial charge in [-0.2, -0.15) is 0 Å². The molecule has 1 aliphatic rings. The Morgan fingerprint density at radius 3 is 1.75 bits per heavy atom. The number of aromatic nitrogens is 4. The van der Waals surface area contributed by atoms with Gasteiger partial charge in [-0.05, 0) is 75.5 Å². The summed E-state index contributed by atoms with van der Waals surface area (Å²) in [6.07, 6.45) is 6.91. The van der Waals surface area contributed by atoms with Crippen LogP contribution in [0.4, 0.5) is 0 Å². The number of nitrogens with zero attached hydrogens (tertiary/aromatic N) is 4. The van der Waals surface area contributed by atoms with Gasteiger partial charge in [-0.1, -0.05) is 170 Å². The molecule has 11 rings (SSSR count). The van der Waals surface area contributed by atoms with Gasteiger partial charge in [0.15, 0.2) is 17.5 Å². The Bertz CT molecular complexity index is 3290. The highest BCUT2D eigenvalue weighted by Gasteiger charge is 2.18. The number of hydrogen-bond acceptors (Lipinski definition) is 3. The van der Waals surface area contributed by atoms with Gasteiger partial charge in [0.05, 0.1) is 5.52 Å². The molecule has 0 bridgehead atoms. The number of hydrogen-bond donors (Lipinski definition) is 0. The summed E-state index contributed by atoms with van der Waals surface area (Å²) in [5, 5.41) is 8.67. The molecule has 0 spiro atoms. The fourth-order valence-electron chi connectivity index (χ4n) is 8.59. The van der Waals surface area contributed by atoms with Crippen LogP contribution in [0.15, 0.2) is 182 Å². The average molecular weight is 729 g/mol. The summed E-state index contributed by atoms with van der Waals surface area (Å²) < 4.78 is 2.47. The Morgan fingerprint density at radius 1 is 0.368 bits per heavy atom. The molecule has 57 heavy (non-hydrogen) atoms. The zero-order valence-corrected chi connectivity index (χ0v) is 31.2. The topological polar surface area (TPSA) is 43.6 Å². The summed E-state index contributed by atoms with van der Waals surface area (Å²) in [7, 11) is 0. The van der Waals surface area contributed by atoms with Crippen LogP contribution in [0.3, 0.4) is 0 Å². The van der Waals surface area contributed by atoms with Crippen molar-refractivity contribution in [3.05, 3.63) is 193 Å². The highest BCUT2D eigenvalue weighted by Crippen LogP contribution is 2.36. The maximum absolute atomic E-state index is 5.22. The van der Waals surface area contributed by atoms with Crippen LogP contribution in [0.25, 0.3) is 107 Å². The Balaban J connectivity index is 1.06. The quantitative estimate of drug-likeness (QED) is 0.171. The fourth-order valence-corrected chi connectivity index (χ4v) is 8.59. The molecule has 1 aliphatic carbocycles. The van der Waals surface area contributed by atoms with E-state index in [4.69, 9.17) is 15.0 Å². The predicted molar refractivity (Wildman–Crippen MR) is 236 cm³/mol. The van der Waals surface area contributed by atoms with Crippen LogP contribution in [0, 0.1) is 0 Å². The lowest BCUT2D eigenvalue weighted by atomic mass is 9.94. The third kappa shape index (κ3) is 5.73. The Hall–Kier alpha value is -7.43. The normalized spacial score (nSPS) is 12.4. The lowest BCUT2D eigenvalue weighted by Gasteiger charge is -2.14. The van der Waals surface area contributed by atoms with Crippen LogP contribution in [-0.4, -0.2) is 19.5 Å². The van der Waals surface area contributed by atoms with E-state index in [-0.39, 0.29) is 0 Å². The van der Waals surface area contributed by atoms with E-state index >= 15 is 0 Å². The van der Waals surface area contributed by atoms with E-state index in [0.29, 0.717) is 17.5 Å². The van der Waals surface area contributed by atoms with Gasteiger partial charge in [0.25, 0.3) is 0 Å². The molecule has 0 atom stereocenters. The highest BCUT2D eigenvalue weighted by atomic mass is 15.0. The average Bonchev–Trinajstić information content (AvgIpc) is 3.64. The second-order valence-electron chi connectivity index (χ2n) is 14.7. The van der Waals surface area contributed by atoms with Crippen LogP contribution in [0.5, 0.6) is 0 Å². The molecule has 8 aromatic carbocycles. The second-order valence-corrected chi connectivity index (χ2v) is 14.7. The molecule has 2 heterocycles. The zero-order valence-electron chi connectivity index (χ0n) is 31.2. The molecule has 2 aromatic heterocycles. The minimum atomic E-state index is 0.634. The van der Waals surface area contributed by atoms with Gasteiger partial charge in [0.2, 0.25) is 0 Å². The first-order valence-corrected chi connectivity index (χ1v) is 19.6. The van der Waals surface area contributed by atoms with E-state index in [1.165, 1.54) is 43.4 Å². The molecule has 0 unspecified atom stereocenters. The molecular formula is C53H36N4. The SMILES string of the molecule is C1=c2c(n(-c3cccc(-c4cccc(-c5nc(-c6ccccc6)nc(-c6ccc(-c7ccccc7)c7ccccc67)n5)c4)c3)c3c2ccc2ccccc23)=CCC1. The van der Waals surface area contributed by atoms with Crippen molar-refractivity contribution < 1.29 is 0 Å². The van der Waals surface area contributed by atoms with Gasteiger partial charge in [0.1, 0.15) is 0 Å². The van der Waals surface area contributed by atoms with Crippen molar-refractivity contribution in [1.82, 2.24) is 19.5 Å². The molecule has 4 heteroatoms. The van der Waals surface area contributed by atoms with Crippen LogP contribution in [0.1, 0.15) is 12.8 Å². The molecule has 10 aromatic rings. The summed E-state index contributed by atoms with van der Waals surface area (Å²) in [5.74, 6) is 1.92. The molecule has 0 aliphatic heterocycles. The van der Waals surface area contributed by atoms with Crippen LogP contribution >= 0.6 is 0 Å². The van der Waals surface area contributed by atoms with Gasteiger partial charge >= 0.3 is 0 Å². The largest absolute Gasteiger partial charge is 0.309 e.